The lowest BCUT2D eigenvalue weighted by Gasteiger charge is -2.32. The number of hydrogen-bond acceptors (Lipinski definition) is 7. The molecule has 1 aromatic heterocycles. The lowest BCUT2D eigenvalue weighted by molar-refractivity contribution is -0.140. The number of likely N-dealkylation sites (tertiary alicyclic amines) is 1. The Morgan fingerprint density at radius 2 is 1.80 bits per heavy atom. The number of benzene rings is 2. The zero-order valence-electron chi connectivity index (χ0n) is 25.1. The summed E-state index contributed by atoms with van der Waals surface area (Å²) in [6.07, 6.45) is -2.98. The zero-order chi connectivity index (χ0) is 32.2. The van der Waals surface area contributed by atoms with Gasteiger partial charge in [0.05, 0.1) is 48.7 Å². The number of hydrogen-bond donors (Lipinski definition) is 2. The summed E-state index contributed by atoms with van der Waals surface area (Å²) >= 11 is 0. The van der Waals surface area contributed by atoms with Crippen molar-refractivity contribution in [2.45, 2.75) is 43.4 Å². The molecule has 0 atom stereocenters. The van der Waals surface area contributed by atoms with Gasteiger partial charge >= 0.3 is 6.18 Å². The molecule has 2 aliphatic rings. The number of carbonyl (C=O) groups excluding carboxylic acids is 1. The standard InChI is InChI=1S/C31H36F3N5O5S/c1-22(40)37-13-10-23(11-14-37)36-27-6-3-7-29-26(27)19-24(39(29)21-31(32,33)34)5-4-12-35-28-9-8-25(20-30(28)43-2)45(41,42)38-15-17-44-18-16-38/h3,6-9,19-20,23,35-36H,10-18,21H2,1-2H3. The van der Waals surface area contributed by atoms with Crippen molar-refractivity contribution in [1.29, 1.82) is 0 Å². The number of piperidine rings is 1. The van der Waals surface area contributed by atoms with Gasteiger partial charge in [0.2, 0.25) is 15.9 Å². The first-order valence-electron chi connectivity index (χ1n) is 14.7. The first-order chi connectivity index (χ1) is 21.5. The molecule has 0 unspecified atom stereocenters. The molecule has 1 amide bonds. The molecule has 14 heteroatoms. The summed E-state index contributed by atoms with van der Waals surface area (Å²) in [6.45, 7) is 2.86. The first kappa shape index (κ1) is 32.5. The Morgan fingerprint density at radius 3 is 2.47 bits per heavy atom. The number of alkyl halides is 3. The monoisotopic (exact) mass is 647 g/mol. The Bertz CT molecular complexity index is 1700. The largest absolute Gasteiger partial charge is 0.495 e. The number of rotatable bonds is 8. The zero-order valence-corrected chi connectivity index (χ0v) is 25.9. The summed E-state index contributed by atoms with van der Waals surface area (Å²) in [5, 5.41) is 7.17. The molecule has 2 aromatic carbocycles. The number of anilines is 2. The third kappa shape index (κ3) is 7.66. The lowest BCUT2D eigenvalue weighted by atomic mass is 10.0. The van der Waals surface area contributed by atoms with E-state index in [-0.39, 0.29) is 42.2 Å². The minimum atomic E-state index is -4.46. The fourth-order valence-electron chi connectivity index (χ4n) is 5.61. The van der Waals surface area contributed by atoms with E-state index in [9.17, 15) is 26.4 Å². The van der Waals surface area contributed by atoms with Crippen LogP contribution in [0.3, 0.4) is 0 Å². The van der Waals surface area contributed by atoms with Crippen LogP contribution < -0.4 is 15.4 Å². The highest BCUT2D eigenvalue weighted by Gasteiger charge is 2.30. The third-order valence-corrected chi connectivity index (χ3v) is 9.84. The van der Waals surface area contributed by atoms with E-state index in [2.05, 4.69) is 22.5 Å². The van der Waals surface area contributed by atoms with Gasteiger partial charge in [0.1, 0.15) is 12.3 Å². The molecule has 3 heterocycles. The van der Waals surface area contributed by atoms with Crippen LogP contribution in [-0.2, 0) is 26.1 Å². The van der Waals surface area contributed by atoms with Gasteiger partial charge in [-0.2, -0.15) is 17.5 Å². The van der Waals surface area contributed by atoms with Crippen LogP contribution in [0, 0.1) is 11.8 Å². The molecule has 2 aliphatic heterocycles. The molecule has 0 saturated carbocycles. The molecule has 45 heavy (non-hydrogen) atoms. The van der Waals surface area contributed by atoms with Gasteiger partial charge in [0.25, 0.3) is 0 Å². The maximum Gasteiger partial charge on any atom is 0.406 e. The summed E-state index contributed by atoms with van der Waals surface area (Å²) in [7, 11) is -2.30. The van der Waals surface area contributed by atoms with Crippen molar-refractivity contribution in [2.24, 2.45) is 0 Å². The Hall–Kier alpha value is -3.93. The number of halogens is 3. The minimum absolute atomic E-state index is 0.0321. The topological polar surface area (TPSA) is 105 Å². The number of sulfonamides is 1. The van der Waals surface area contributed by atoms with Crippen molar-refractivity contribution in [3.05, 3.63) is 48.2 Å². The molecular formula is C31H36F3N5O5S. The van der Waals surface area contributed by atoms with Gasteiger partial charge in [-0.15, -0.1) is 0 Å². The number of aromatic nitrogens is 1. The number of carbonyl (C=O) groups is 1. The van der Waals surface area contributed by atoms with Crippen molar-refractivity contribution < 1.29 is 35.9 Å². The first-order valence-corrected chi connectivity index (χ1v) is 16.1. The highest BCUT2D eigenvalue weighted by atomic mass is 32.2. The number of fused-ring (bicyclic) bond motifs is 1. The number of ether oxygens (including phenoxy) is 2. The van der Waals surface area contributed by atoms with E-state index in [1.54, 1.807) is 36.1 Å². The number of nitrogens with one attached hydrogen (secondary N) is 2. The predicted octanol–water partition coefficient (Wildman–Crippen LogP) is 4.12. The Balaban J connectivity index is 1.34. The van der Waals surface area contributed by atoms with Gasteiger partial charge < -0.3 is 29.6 Å². The maximum absolute atomic E-state index is 13.6. The van der Waals surface area contributed by atoms with E-state index in [1.165, 1.54) is 23.5 Å². The molecule has 2 fully saturated rings. The summed E-state index contributed by atoms with van der Waals surface area (Å²) in [5.74, 6) is 6.11. The van der Waals surface area contributed by atoms with Gasteiger partial charge in [-0.3, -0.25) is 4.79 Å². The molecule has 2 saturated heterocycles. The van der Waals surface area contributed by atoms with Gasteiger partial charge in [0, 0.05) is 56.3 Å². The molecule has 0 aliphatic carbocycles. The van der Waals surface area contributed by atoms with Crippen LogP contribution in [0.2, 0.25) is 0 Å². The lowest BCUT2D eigenvalue weighted by Crippen LogP contribution is -2.41. The molecule has 10 nitrogen and oxygen atoms in total. The number of nitrogens with zero attached hydrogens (tertiary/aromatic N) is 3. The van der Waals surface area contributed by atoms with E-state index >= 15 is 0 Å². The van der Waals surface area contributed by atoms with Gasteiger partial charge in [-0.05, 0) is 49.1 Å². The van der Waals surface area contributed by atoms with Gasteiger partial charge in [-0.25, -0.2) is 8.42 Å². The van der Waals surface area contributed by atoms with Crippen molar-refractivity contribution >= 4 is 38.2 Å². The normalized spacial score (nSPS) is 16.7. The molecule has 0 bridgehead atoms. The molecule has 3 aromatic rings. The van der Waals surface area contributed by atoms with E-state index < -0.39 is 22.7 Å². The fraction of sp³-hybridized carbons (Fsp3) is 0.452. The highest BCUT2D eigenvalue weighted by molar-refractivity contribution is 7.89. The van der Waals surface area contributed by atoms with Crippen LogP contribution in [0.4, 0.5) is 24.5 Å². The van der Waals surface area contributed by atoms with Crippen molar-refractivity contribution in [2.75, 3.05) is 63.7 Å². The third-order valence-electron chi connectivity index (χ3n) is 7.95. The van der Waals surface area contributed by atoms with Crippen molar-refractivity contribution in [3.63, 3.8) is 0 Å². The van der Waals surface area contributed by atoms with Crippen molar-refractivity contribution in [3.8, 4) is 17.6 Å². The van der Waals surface area contributed by atoms with Crippen LogP contribution in [0.1, 0.15) is 25.5 Å². The van der Waals surface area contributed by atoms with Crippen molar-refractivity contribution in [1.82, 2.24) is 13.8 Å². The van der Waals surface area contributed by atoms with Crippen LogP contribution in [-0.4, -0.2) is 93.4 Å². The van der Waals surface area contributed by atoms with Crippen LogP contribution in [0.15, 0.2) is 47.4 Å². The smallest absolute Gasteiger partial charge is 0.406 e. The Labute approximate surface area is 260 Å². The second-order valence-corrected chi connectivity index (χ2v) is 12.9. The Morgan fingerprint density at radius 1 is 1.07 bits per heavy atom. The molecule has 2 N–H and O–H groups in total. The SMILES string of the molecule is COc1cc(S(=O)(=O)N2CCOCC2)ccc1NCC#Cc1cc2c(NC3CCN(C(C)=O)CC3)cccc2n1CC(F)(F)F. The molecule has 242 valence electrons. The second-order valence-electron chi connectivity index (χ2n) is 10.9. The second kappa shape index (κ2) is 13.6. The Kier molecular flexibility index (Phi) is 9.81. The van der Waals surface area contributed by atoms with Gasteiger partial charge in [0.15, 0.2) is 0 Å². The number of methoxy groups -OCH3 is 1. The maximum atomic E-state index is 13.6. The summed E-state index contributed by atoms with van der Waals surface area (Å²) in [4.78, 5) is 13.6. The average molecular weight is 648 g/mol. The molecule has 5 rings (SSSR count). The molecular weight excluding hydrogens is 611 g/mol. The van der Waals surface area contributed by atoms with Crippen LogP contribution in [0.5, 0.6) is 5.75 Å². The molecule has 0 spiro atoms. The minimum Gasteiger partial charge on any atom is -0.495 e. The van der Waals surface area contributed by atoms with Crippen LogP contribution in [0.25, 0.3) is 10.9 Å². The van der Waals surface area contributed by atoms with E-state index in [1.807, 2.05) is 6.07 Å². The summed E-state index contributed by atoms with van der Waals surface area (Å²) in [6, 6.07) is 11.4. The quantitative estimate of drug-likeness (QED) is 0.355. The van der Waals surface area contributed by atoms with Crippen LogP contribution >= 0.6 is 0 Å². The highest BCUT2D eigenvalue weighted by Crippen LogP contribution is 2.32. The number of amides is 1. The predicted molar refractivity (Wildman–Crippen MR) is 165 cm³/mol. The molecule has 0 radical (unpaired) electrons. The fourth-order valence-corrected chi connectivity index (χ4v) is 7.03. The van der Waals surface area contributed by atoms with Gasteiger partial charge in [-0.1, -0.05) is 12.0 Å². The van der Waals surface area contributed by atoms with E-state index in [0.29, 0.717) is 54.3 Å². The van der Waals surface area contributed by atoms with E-state index in [4.69, 9.17) is 9.47 Å². The van der Waals surface area contributed by atoms with E-state index in [0.717, 1.165) is 17.4 Å². The average Bonchev–Trinajstić information content (AvgIpc) is 3.36. The summed E-state index contributed by atoms with van der Waals surface area (Å²) < 4.78 is 80.2. The summed E-state index contributed by atoms with van der Waals surface area (Å²) in [5.41, 5.74) is 1.83. The number of morpholine rings is 1.